The van der Waals surface area contributed by atoms with E-state index in [0.29, 0.717) is 6.61 Å². The largest absolute Gasteiger partial charge is 0.497 e. The molecule has 0 unspecified atom stereocenters. The summed E-state index contributed by atoms with van der Waals surface area (Å²) in [6, 6.07) is 22.7. The SMILES string of the molecule is COc1ccc(-n2c(C)nc3cc(C4=CCOc5ccccc54)ccc32)cc1. The minimum Gasteiger partial charge on any atom is -0.497 e. The minimum atomic E-state index is 0.587. The van der Waals surface area contributed by atoms with Gasteiger partial charge in [-0.25, -0.2) is 4.98 Å². The smallest absolute Gasteiger partial charge is 0.127 e. The summed E-state index contributed by atoms with van der Waals surface area (Å²) in [4.78, 5) is 4.82. The molecule has 4 nitrogen and oxygen atoms in total. The zero-order chi connectivity index (χ0) is 19.1. The number of aryl methyl sites for hydroxylation is 1. The van der Waals surface area contributed by atoms with E-state index in [2.05, 4.69) is 47.0 Å². The molecule has 0 radical (unpaired) electrons. The van der Waals surface area contributed by atoms with Crippen LogP contribution >= 0.6 is 0 Å². The molecule has 0 amide bonds. The molecule has 4 aromatic rings. The van der Waals surface area contributed by atoms with Crippen molar-refractivity contribution in [1.29, 1.82) is 0 Å². The zero-order valence-corrected chi connectivity index (χ0v) is 15.8. The molecular formula is C24H20N2O2. The molecule has 1 aliphatic heterocycles. The van der Waals surface area contributed by atoms with Crippen molar-refractivity contribution >= 4 is 16.6 Å². The van der Waals surface area contributed by atoms with Crippen molar-refractivity contribution in [1.82, 2.24) is 9.55 Å². The summed E-state index contributed by atoms with van der Waals surface area (Å²) in [5, 5.41) is 0. The predicted octanol–water partition coefficient (Wildman–Crippen LogP) is 5.17. The highest BCUT2D eigenvalue weighted by atomic mass is 16.5. The Hall–Kier alpha value is -3.53. The average molecular weight is 368 g/mol. The molecule has 5 rings (SSSR count). The Morgan fingerprint density at radius 3 is 2.64 bits per heavy atom. The predicted molar refractivity (Wildman–Crippen MR) is 111 cm³/mol. The molecule has 0 N–H and O–H groups in total. The Balaban J connectivity index is 1.61. The van der Waals surface area contributed by atoms with Crippen LogP contribution in [0.15, 0.2) is 72.8 Å². The van der Waals surface area contributed by atoms with Crippen LogP contribution in [-0.2, 0) is 0 Å². The summed E-state index contributed by atoms with van der Waals surface area (Å²) in [5.41, 5.74) is 6.62. The van der Waals surface area contributed by atoms with Crippen LogP contribution < -0.4 is 9.47 Å². The Kier molecular flexibility index (Phi) is 3.90. The van der Waals surface area contributed by atoms with E-state index >= 15 is 0 Å². The van der Waals surface area contributed by atoms with Crippen molar-refractivity contribution in [3.63, 3.8) is 0 Å². The maximum atomic E-state index is 5.76. The number of hydrogen-bond donors (Lipinski definition) is 0. The molecule has 0 atom stereocenters. The number of para-hydroxylation sites is 1. The molecule has 0 saturated carbocycles. The number of imidazole rings is 1. The van der Waals surface area contributed by atoms with Crippen LogP contribution in [0.5, 0.6) is 11.5 Å². The normalized spacial score (nSPS) is 13.0. The number of rotatable bonds is 3. The molecule has 0 aliphatic carbocycles. The Labute approximate surface area is 163 Å². The molecule has 0 bridgehead atoms. The summed E-state index contributed by atoms with van der Waals surface area (Å²) in [7, 11) is 1.68. The van der Waals surface area contributed by atoms with E-state index in [1.54, 1.807) is 7.11 Å². The van der Waals surface area contributed by atoms with Gasteiger partial charge in [0.2, 0.25) is 0 Å². The van der Waals surface area contributed by atoms with Gasteiger partial charge >= 0.3 is 0 Å². The van der Waals surface area contributed by atoms with Crippen molar-refractivity contribution in [2.45, 2.75) is 6.92 Å². The third-order valence-electron chi connectivity index (χ3n) is 5.17. The van der Waals surface area contributed by atoms with Gasteiger partial charge in [0.25, 0.3) is 0 Å². The van der Waals surface area contributed by atoms with E-state index in [4.69, 9.17) is 14.5 Å². The minimum absolute atomic E-state index is 0.587. The number of hydrogen-bond acceptors (Lipinski definition) is 3. The highest BCUT2D eigenvalue weighted by Gasteiger charge is 2.17. The molecule has 2 heterocycles. The molecular weight excluding hydrogens is 348 g/mol. The summed E-state index contributed by atoms with van der Waals surface area (Å²) in [6.07, 6.45) is 2.14. The molecule has 1 aliphatic rings. The zero-order valence-electron chi connectivity index (χ0n) is 15.8. The highest BCUT2D eigenvalue weighted by Crippen LogP contribution is 2.35. The van der Waals surface area contributed by atoms with Crippen LogP contribution in [0, 0.1) is 6.92 Å². The first-order valence-electron chi connectivity index (χ1n) is 9.31. The summed E-state index contributed by atoms with van der Waals surface area (Å²) < 4.78 is 13.2. The highest BCUT2D eigenvalue weighted by molar-refractivity contribution is 5.89. The molecule has 3 aromatic carbocycles. The van der Waals surface area contributed by atoms with Crippen LogP contribution in [0.4, 0.5) is 0 Å². The van der Waals surface area contributed by atoms with Crippen molar-refractivity contribution in [2.24, 2.45) is 0 Å². The Bertz CT molecular complexity index is 1200. The van der Waals surface area contributed by atoms with Crippen LogP contribution in [0.3, 0.4) is 0 Å². The number of fused-ring (bicyclic) bond motifs is 2. The number of methoxy groups -OCH3 is 1. The van der Waals surface area contributed by atoms with E-state index in [1.165, 1.54) is 5.57 Å². The van der Waals surface area contributed by atoms with Crippen LogP contribution in [-0.4, -0.2) is 23.3 Å². The van der Waals surface area contributed by atoms with Crippen molar-refractivity contribution < 1.29 is 9.47 Å². The third-order valence-corrected chi connectivity index (χ3v) is 5.17. The van der Waals surface area contributed by atoms with E-state index in [1.807, 2.05) is 37.3 Å². The van der Waals surface area contributed by atoms with Crippen LogP contribution in [0.1, 0.15) is 17.0 Å². The van der Waals surface area contributed by atoms with Crippen molar-refractivity contribution in [3.05, 3.63) is 89.8 Å². The third kappa shape index (κ3) is 2.65. The quantitative estimate of drug-likeness (QED) is 0.501. The van der Waals surface area contributed by atoms with Crippen molar-refractivity contribution in [2.75, 3.05) is 13.7 Å². The Morgan fingerprint density at radius 1 is 1.00 bits per heavy atom. The summed E-state index contributed by atoms with van der Waals surface area (Å²) >= 11 is 0. The maximum Gasteiger partial charge on any atom is 0.127 e. The fourth-order valence-corrected chi connectivity index (χ4v) is 3.84. The lowest BCUT2D eigenvalue weighted by Gasteiger charge is -2.18. The summed E-state index contributed by atoms with van der Waals surface area (Å²) in [6.45, 7) is 2.62. The molecule has 28 heavy (non-hydrogen) atoms. The van der Waals surface area contributed by atoms with E-state index in [9.17, 15) is 0 Å². The van der Waals surface area contributed by atoms with Gasteiger partial charge in [-0.3, -0.25) is 4.57 Å². The lowest BCUT2D eigenvalue weighted by Crippen LogP contribution is -2.05. The first-order chi connectivity index (χ1) is 13.7. The molecule has 1 aromatic heterocycles. The number of aromatic nitrogens is 2. The second kappa shape index (κ2) is 6.57. The molecule has 0 fully saturated rings. The van der Waals surface area contributed by atoms with Gasteiger partial charge in [0.1, 0.15) is 23.9 Å². The standard InChI is InChI=1S/C24H20N2O2/c1-16-25-22-15-17(20-13-14-28-24-6-4-3-5-21(20)24)7-12-23(22)26(16)18-8-10-19(27-2)11-9-18/h3-13,15H,14H2,1-2H3. The average Bonchev–Trinajstić information content (AvgIpc) is 3.08. The van der Waals surface area contributed by atoms with E-state index < -0.39 is 0 Å². The lowest BCUT2D eigenvalue weighted by molar-refractivity contribution is 0.357. The van der Waals surface area contributed by atoms with Crippen molar-refractivity contribution in [3.8, 4) is 17.2 Å². The van der Waals surface area contributed by atoms with Gasteiger partial charge in [-0.05, 0) is 66.6 Å². The van der Waals surface area contributed by atoms with Gasteiger partial charge in [0.05, 0.1) is 18.1 Å². The van der Waals surface area contributed by atoms with Gasteiger partial charge in [-0.1, -0.05) is 24.3 Å². The molecule has 4 heteroatoms. The number of benzene rings is 3. The lowest BCUT2D eigenvalue weighted by atomic mass is 9.95. The fraction of sp³-hybridized carbons (Fsp3) is 0.125. The van der Waals surface area contributed by atoms with Gasteiger partial charge in [-0.15, -0.1) is 0 Å². The van der Waals surface area contributed by atoms with Crippen LogP contribution in [0.2, 0.25) is 0 Å². The monoisotopic (exact) mass is 368 g/mol. The second-order valence-corrected chi connectivity index (χ2v) is 6.82. The van der Waals surface area contributed by atoms with Gasteiger partial charge < -0.3 is 9.47 Å². The number of nitrogens with zero attached hydrogens (tertiary/aromatic N) is 2. The summed E-state index contributed by atoms with van der Waals surface area (Å²) in [5.74, 6) is 2.73. The fourth-order valence-electron chi connectivity index (χ4n) is 3.84. The molecule has 138 valence electrons. The topological polar surface area (TPSA) is 36.3 Å². The first-order valence-corrected chi connectivity index (χ1v) is 9.31. The Morgan fingerprint density at radius 2 is 1.82 bits per heavy atom. The van der Waals surface area contributed by atoms with E-state index in [0.717, 1.165) is 45.2 Å². The first kappa shape index (κ1) is 16.6. The molecule has 0 spiro atoms. The van der Waals surface area contributed by atoms with Gasteiger partial charge in [0.15, 0.2) is 0 Å². The number of ether oxygens (including phenoxy) is 2. The second-order valence-electron chi connectivity index (χ2n) is 6.82. The van der Waals surface area contributed by atoms with Crippen LogP contribution in [0.25, 0.3) is 22.3 Å². The van der Waals surface area contributed by atoms with E-state index in [-0.39, 0.29) is 0 Å². The van der Waals surface area contributed by atoms with Gasteiger partial charge in [0, 0.05) is 11.3 Å². The van der Waals surface area contributed by atoms with Gasteiger partial charge in [-0.2, -0.15) is 0 Å². The molecule has 0 saturated heterocycles. The maximum absolute atomic E-state index is 5.76.